The van der Waals surface area contributed by atoms with Crippen molar-refractivity contribution in [2.45, 2.75) is 26.4 Å². The van der Waals surface area contributed by atoms with E-state index in [1.54, 1.807) is 11.0 Å². The molecule has 1 unspecified atom stereocenters. The Morgan fingerprint density at radius 3 is 2.75 bits per heavy atom. The van der Waals surface area contributed by atoms with E-state index in [9.17, 15) is 9.90 Å². The number of carbonyl (C=O) groups is 1. The summed E-state index contributed by atoms with van der Waals surface area (Å²) in [5, 5.41) is 19.0. The van der Waals surface area contributed by atoms with Gasteiger partial charge in [-0.15, -0.1) is 0 Å². The summed E-state index contributed by atoms with van der Waals surface area (Å²) in [5.74, 6) is 0.633. The lowest BCUT2D eigenvalue weighted by Crippen LogP contribution is -2.29. The van der Waals surface area contributed by atoms with E-state index in [2.05, 4.69) is 16.8 Å². The topological polar surface area (TPSA) is 78.5 Å². The molecule has 0 aliphatic carbocycles. The smallest absolute Gasteiger partial charge is 0.273 e. The maximum Gasteiger partial charge on any atom is 0.273 e. The number of aryl methyl sites for hydroxylation is 2. The lowest BCUT2D eigenvalue weighted by molar-refractivity contribution is 0.0730. The Kier molecular flexibility index (Phi) is 6.29. The van der Waals surface area contributed by atoms with Crippen LogP contribution in [0.2, 0.25) is 5.02 Å². The van der Waals surface area contributed by atoms with E-state index >= 15 is 0 Å². The first-order chi connectivity index (χ1) is 17.4. The number of nitrogens with one attached hydrogen (secondary N) is 1. The Labute approximate surface area is 214 Å². The van der Waals surface area contributed by atoms with E-state index in [-0.39, 0.29) is 11.7 Å². The Balaban J connectivity index is 1.68. The monoisotopic (exact) mass is 499 g/mol. The van der Waals surface area contributed by atoms with E-state index < -0.39 is 6.04 Å². The lowest BCUT2D eigenvalue weighted by atomic mass is 9.94. The summed E-state index contributed by atoms with van der Waals surface area (Å²) in [6, 6.07) is 18.5. The van der Waals surface area contributed by atoms with Crippen molar-refractivity contribution in [3.8, 4) is 22.8 Å². The highest BCUT2D eigenvalue weighted by atomic mass is 35.5. The molecular formula is C29H26ClN3O3. The minimum absolute atomic E-state index is 0.147. The molecule has 5 rings (SSSR count). The molecular weight excluding hydrogens is 474 g/mol. The van der Waals surface area contributed by atoms with Crippen molar-refractivity contribution < 1.29 is 14.6 Å². The fourth-order valence-corrected chi connectivity index (χ4v) is 4.99. The van der Waals surface area contributed by atoms with Gasteiger partial charge in [0.2, 0.25) is 0 Å². The van der Waals surface area contributed by atoms with Gasteiger partial charge in [-0.25, -0.2) is 0 Å². The van der Waals surface area contributed by atoms with Gasteiger partial charge in [0.25, 0.3) is 5.91 Å². The van der Waals surface area contributed by atoms with Gasteiger partial charge in [0.15, 0.2) is 0 Å². The summed E-state index contributed by atoms with van der Waals surface area (Å²) in [5.41, 5.74) is 5.69. The molecule has 0 saturated heterocycles. The lowest BCUT2D eigenvalue weighted by Gasteiger charge is -2.27. The number of rotatable bonds is 7. The number of ether oxygens (including phenoxy) is 1. The number of amides is 1. The molecule has 36 heavy (non-hydrogen) atoms. The van der Waals surface area contributed by atoms with Gasteiger partial charge in [-0.1, -0.05) is 60.7 Å². The van der Waals surface area contributed by atoms with Crippen molar-refractivity contribution >= 4 is 17.5 Å². The number of aromatic nitrogens is 2. The molecule has 0 saturated carbocycles. The van der Waals surface area contributed by atoms with E-state index in [0.717, 1.165) is 22.3 Å². The van der Waals surface area contributed by atoms with Crippen molar-refractivity contribution in [3.63, 3.8) is 0 Å². The van der Waals surface area contributed by atoms with Crippen molar-refractivity contribution in [1.29, 1.82) is 0 Å². The molecule has 3 aromatic carbocycles. The predicted octanol–water partition coefficient (Wildman–Crippen LogP) is 6.36. The molecule has 0 fully saturated rings. The molecule has 2 N–H and O–H groups in total. The van der Waals surface area contributed by atoms with Crippen LogP contribution >= 0.6 is 11.6 Å². The average Bonchev–Trinajstić information content (AvgIpc) is 3.40. The predicted molar refractivity (Wildman–Crippen MR) is 140 cm³/mol. The van der Waals surface area contributed by atoms with Gasteiger partial charge >= 0.3 is 0 Å². The minimum Gasteiger partial charge on any atom is -0.507 e. The highest BCUT2D eigenvalue weighted by Gasteiger charge is 2.43. The molecule has 2 heterocycles. The summed E-state index contributed by atoms with van der Waals surface area (Å²) in [6.45, 7) is 8.21. The second-order valence-corrected chi connectivity index (χ2v) is 9.35. The second kappa shape index (κ2) is 9.55. The summed E-state index contributed by atoms with van der Waals surface area (Å²) < 4.78 is 5.78. The second-order valence-electron chi connectivity index (χ2n) is 8.94. The SMILES string of the molecule is C=CCOc1cccc(C2c3c(-c4cc(C)cc(C)c4O)n[nH]c3C(=O)N2Cc2ccccc2Cl)c1. The Morgan fingerprint density at radius 2 is 1.97 bits per heavy atom. The number of hydrogen-bond acceptors (Lipinski definition) is 4. The van der Waals surface area contributed by atoms with Crippen LogP contribution in [0, 0.1) is 13.8 Å². The summed E-state index contributed by atoms with van der Waals surface area (Å²) >= 11 is 6.47. The Bertz CT molecular complexity index is 1480. The zero-order chi connectivity index (χ0) is 25.4. The number of fused-ring (bicyclic) bond motifs is 1. The van der Waals surface area contributed by atoms with Gasteiger partial charge in [-0.05, 0) is 60.4 Å². The van der Waals surface area contributed by atoms with Crippen LogP contribution in [0.1, 0.15) is 44.3 Å². The molecule has 0 radical (unpaired) electrons. The van der Waals surface area contributed by atoms with Crippen LogP contribution in [0.3, 0.4) is 0 Å². The van der Waals surface area contributed by atoms with Crippen LogP contribution in [0.5, 0.6) is 11.5 Å². The molecule has 0 spiro atoms. The van der Waals surface area contributed by atoms with E-state index in [4.69, 9.17) is 16.3 Å². The first-order valence-electron chi connectivity index (χ1n) is 11.7. The highest BCUT2D eigenvalue weighted by molar-refractivity contribution is 6.31. The van der Waals surface area contributed by atoms with Crippen LogP contribution in [0.4, 0.5) is 0 Å². The van der Waals surface area contributed by atoms with E-state index in [0.29, 0.717) is 46.4 Å². The fourth-order valence-electron chi connectivity index (χ4n) is 4.79. The molecule has 1 aliphatic heterocycles. The molecule has 7 heteroatoms. The minimum atomic E-state index is -0.468. The zero-order valence-electron chi connectivity index (χ0n) is 20.1. The van der Waals surface area contributed by atoms with Gasteiger partial charge < -0.3 is 14.7 Å². The molecule has 1 aliphatic rings. The van der Waals surface area contributed by atoms with Gasteiger partial charge in [0.05, 0.1) is 6.04 Å². The molecule has 182 valence electrons. The number of phenolic OH excluding ortho intramolecular Hbond substituents is 1. The third-order valence-corrected chi connectivity index (χ3v) is 6.77. The summed E-state index contributed by atoms with van der Waals surface area (Å²) in [4.78, 5) is 15.5. The first-order valence-corrected chi connectivity index (χ1v) is 12.0. The third kappa shape index (κ3) is 4.14. The number of halogens is 1. The van der Waals surface area contributed by atoms with Gasteiger partial charge in [-0.2, -0.15) is 5.10 Å². The molecule has 1 amide bonds. The van der Waals surface area contributed by atoms with Gasteiger partial charge in [0, 0.05) is 22.7 Å². The number of carbonyl (C=O) groups excluding carboxylic acids is 1. The molecule has 1 atom stereocenters. The van der Waals surface area contributed by atoms with Crippen LogP contribution < -0.4 is 4.74 Å². The summed E-state index contributed by atoms with van der Waals surface area (Å²) in [7, 11) is 0. The number of benzene rings is 3. The Hall–Kier alpha value is -4.03. The van der Waals surface area contributed by atoms with Crippen LogP contribution in [0.15, 0.2) is 73.3 Å². The van der Waals surface area contributed by atoms with Crippen LogP contribution in [-0.2, 0) is 6.54 Å². The van der Waals surface area contributed by atoms with Crippen molar-refractivity contribution in [2.24, 2.45) is 0 Å². The van der Waals surface area contributed by atoms with Crippen molar-refractivity contribution in [1.82, 2.24) is 15.1 Å². The quantitative estimate of drug-likeness (QED) is 0.290. The number of hydrogen-bond donors (Lipinski definition) is 2. The molecule has 4 aromatic rings. The number of nitrogens with zero attached hydrogens (tertiary/aromatic N) is 2. The number of H-pyrrole nitrogens is 1. The molecule has 1 aromatic heterocycles. The van der Waals surface area contributed by atoms with Crippen molar-refractivity contribution in [3.05, 3.63) is 112 Å². The van der Waals surface area contributed by atoms with Gasteiger partial charge in [0.1, 0.15) is 29.5 Å². The molecule has 0 bridgehead atoms. The van der Waals surface area contributed by atoms with Crippen LogP contribution in [0.25, 0.3) is 11.3 Å². The maximum absolute atomic E-state index is 13.7. The largest absolute Gasteiger partial charge is 0.507 e. The highest BCUT2D eigenvalue weighted by Crippen LogP contribution is 2.46. The molecule has 6 nitrogen and oxygen atoms in total. The van der Waals surface area contributed by atoms with Gasteiger partial charge in [-0.3, -0.25) is 9.89 Å². The number of phenols is 1. The van der Waals surface area contributed by atoms with E-state index in [1.165, 1.54) is 0 Å². The Morgan fingerprint density at radius 1 is 1.17 bits per heavy atom. The summed E-state index contributed by atoms with van der Waals surface area (Å²) in [6.07, 6.45) is 1.69. The standard InChI is InChI=1S/C29H26ClN3O3/c1-4-12-36-21-10-7-9-19(15-21)27-24-25(22-14-17(2)13-18(3)28(22)34)31-32-26(24)29(35)33(27)16-20-8-5-6-11-23(20)30/h4-11,13-15,27,34H,1,12,16H2,2-3H3,(H,31,32). The normalized spacial score (nSPS) is 14.7. The fraction of sp³-hybridized carbons (Fsp3) is 0.172. The van der Waals surface area contributed by atoms with Crippen LogP contribution in [-0.4, -0.2) is 32.7 Å². The first kappa shape index (κ1) is 23.7. The van der Waals surface area contributed by atoms with E-state index in [1.807, 2.05) is 74.5 Å². The van der Waals surface area contributed by atoms with Crippen molar-refractivity contribution in [2.75, 3.05) is 6.61 Å². The number of aromatic hydroxyl groups is 1. The maximum atomic E-state index is 13.7. The zero-order valence-corrected chi connectivity index (χ0v) is 20.8. The third-order valence-electron chi connectivity index (χ3n) is 6.40. The average molecular weight is 500 g/mol. The number of aromatic amines is 1.